The normalized spacial score (nSPS) is 14.1. The molecule has 68 valence electrons. The van der Waals surface area contributed by atoms with Crippen molar-refractivity contribution in [3.63, 3.8) is 0 Å². The SMILES string of the molecule is Oc1ncc2ccn(C3=CC=C3)c2n1. The van der Waals surface area contributed by atoms with E-state index in [1.165, 1.54) is 0 Å². The van der Waals surface area contributed by atoms with E-state index in [1.54, 1.807) is 6.20 Å². The monoisotopic (exact) mass is 185 g/mol. The highest BCUT2D eigenvalue weighted by Gasteiger charge is 2.08. The molecule has 0 spiro atoms. The van der Waals surface area contributed by atoms with Gasteiger partial charge in [-0.1, -0.05) is 6.08 Å². The fourth-order valence-electron chi connectivity index (χ4n) is 1.46. The molecule has 1 aliphatic carbocycles. The van der Waals surface area contributed by atoms with Gasteiger partial charge in [-0.05, 0) is 18.2 Å². The minimum absolute atomic E-state index is 0.193. The second kappa shape index (κ2) is 2.45. The third kappa shape index (κ3) is 0.877. The molecule has 4 heteroatoms. The highest BCUT2D eigenvalue weighted by atomic mass is 16.3. The summed E-state index contributed by atoms with van der Waals surface area (Å²) in [4.78, 5) is 7.69. The molecule has 2 heterocycles. The maximum absolute atomic E-state index is 9.17. The number of hydrogen-bond donors (Lipinski definition) is 1. The molecule has 14 heavy (non-hydrogen) atoms. The second-order valence-electron chi connectivity index (χ2n) is 3.09. The van der Waals surface area contributed by atoms with Crippen LogP contribution in [0.15, 0.2) is 36.7 Å². The topological polar surface area (TPSA) is 50.9 Å². The van der Waals surface area contributed by atoms with Crippen LogP contribution in [-0.2, 0) is 0 Å². The van der Waals surface area contributed by atoms with Gasteiger partial charge in [0.25, 0.3) is 0 Å². The molecular weight excluding hydrogens is 178 g/mol. The third-order valence-corrected chi connectivity index (χ3v) is 2.23. The predicted octanol–water partition coefficient (Wildman–Crippen LogP) is 1.55. The Hall–Kier alpha value is -2.10. The Morgan fingerprint density at radius 3 is 2.93 bits per heavy atom. The summed E-state index contributed by atoms with van der Waals surface area (Å²) in [5, 5.41) is 10.1. The molecule has 0 saturated heterocycles. The first-order chi connectivity index (χ1) is 6.84. The number of nitrogens with zero attached hydrogens (tertiary/aromatic N) is 3. The average molecular weight is 185 g/mol. The maximum atomic E-state index is 9.17. The van der Waals surface area contributed by atoms with E-state index < -0.39 is 0 Å². The van der Waals surface area contributed by atoms with E-state index in [0.717, 1.165) is 16.7 Å². The van der Waals surface area contributed by atoms with Gasteiger partial charge in [-0.2, -0.15) is 4.98 Å². The number of allylic oxidation sites excluding steroid dienone is 4. The zero-order chi connectivity index (χ0) is 9.54. The summed E-state index contributed by atoms with van der Waals surface area (Å²) in [6.07, 6.45) is 9.45. The van der Waals surface area contributed by atoms with E-state index in [1.807, 2.05) is 35.1 Å². The Morgan fingerprint density at radius 1 is 1.36 bits per heavy atom. The van der Waals surface area contributed by atoms with Crippen molar-refractivity contribution in [1.82, 2.24) is 14.5 Å². The molecule has 0 unspecified atom stereocenters. The van der Waals surface area contributed by atoms with Gasteiger partial charge in [-0.3, -0.25) is 0 Å². The summed E-state index contributed by atoms with van der Waals surface area (Å²) >= 11 is 0. The third-order valence-electron chi connectivity index (χ3n) is 2.23. The zero-order valence-electron chi connectivity index (χ0n) is 7.25. The summed E-state index contributed by atoms with van der Waals surface area (Å²) in [6.45, 7) is 0. The van der Waals surface area contributed by atoms with Crippen molar-refractivity contribution in [2.24, 2.45) is 0 Å². The van der Waals surface area contributed by atoms with E-state index in [2.05, 4.69) is 9.97 Å². The molecule has 1 N–H and O–H groups in total. The summed E-state index contributed by atoms with van der Waals surface area (Å²) < 4.78 is 1.91. The smallest absolute Gasteiger partial charge is 0.315 e. The van der Waals surface area contributed by atoms with E-state index in [-0.39, 0.29) is 6.01 Å². The lowest BCUT2D eigenvalue weighted by Gasteiger charge is -2.09. The summed E-state index contributed by atoms with van der Waals surface area (Å²) in [5.41, 5.74) is 1.80. The minimum atomic E-state index is -0.193. The Morgan fingerprint density at radius 2 is 2.21 bits per heavy atom. The van der Waals surface area contributed by atoms with Crippen LogP contribution >= 0.6 is 0 Å². The number of fused-ring (bicyclic) bond motifs is 1. The van der Waals surface area contributed by atoms with Gasteiger partial charge in [0.1, 0.15) is 0 Å². The number of rotatable bonds is 1. The second-order valence-corrected chi connectivity index (χ2v) is 3.09. The molecule has 3 rings (SSSR count). The van der Waals surface area contributed by atoms with Crippen molar-refractivity contribution >= 4 is 16.7 Å². The van der Waals surface area contributed by atoms with Gasteiger partial charge < -0.3 is 9.67 Å². The molecule has 0 radical (unpaired) electrons. The van der Waals surface area contributed by atoms with Crippen molar-refractivity contribution in [3.05, 3.63) is 36.7 Å². The van der Waals surface area contributed by atoms with Crippen molar-refractivity contribution in [1.29, 1.82) is 0 Å². The lowest BCUT2D eigenvalue weighted by atomic mass is 10.2. The van der Waals surface area contributed by atoms with Crippen LogP contribution in [0.3, 0.4) is 0 Å². The summed E-state index contributed by atoms with van der Waals surface area (Å²) in [5.74, 6) is 0. The molecule has 0 bridgehead atoms. The van der Waals surface area contributed by atoms with Crippen molar-refractivity contribution in [3.8, 4) is 6.01 Å². The standard InChI is InChI=1S/C10H7N3O/c14-10-11-6-7-4-5-13(9(7)12-10)8-2-1-3-8/h1-6H,(H,11,12,14). The van der Waals surface area contributed by atoms with Gasteiger partial charge in [0.2, 0.25) is 0 Å². The first-order valence-corrected chi connectivity index (χ1v) is 4.26. The lowest BCUT2D eigenvalue weighted by molar-refractivity contribution is 0.432. The van der Waals surface area contributed by atoms with Gasteiger partial charge in [-0.15, -0.1) is 0 Å². The molecule has 0 amide bonds. The first-order valence-electron chi connectivity index (χ1n) is 4.26. The quantitative estimate of drug-likeness (QED) is 0.733. The van der Waals surface area contributed by atoms with Gasteiger partial charge in [0, 0.05) is 23.5 Å². The highest BCUT2D eigenvalue weighted by Crippen LogP contribution is 2.22. The molecule has 0 aromatic carbocycles. The van der Waals surface area contributed by atoms with Gasteiger partial charge in [0.05, 0.1) is 0 Å². The van der Waals surface area contributed by atoms with E-state index in [0.29, 0.717) is 0 Å². The van der Waals surface area contributed by atoms with Crippen LogP contribution in [0.25, 0.3) is 16.7 Å². The van der Waals surface area contributed by atoms with Crippen molar-refractivity contribution < 1.29 is 5.11 Å². The van der Waals surface area contributed by atoms with Crippen LogP contribution in [0, 0.1) is 0 Å². The largest absolute Gasteiger partial charge is 0.479 e. The van der Waals surface area contributed by atoms with Crippen LogP contribution in [0.4, 0.5) is 0 Å². The van der Waals surface area contributed by atoms with Crippen LogP contribution in [0.1, 0.15) is 0 Å². The van der Waals surface area contributed by atoms with E-state index in [4.69, 9.17) is 0 Å². The average Bonchev–Trinajstić information content (AvgIpc) is 2.46. The highest BCUT2D eigenvalue weighted by molar-refractivity contribution is 5.82. The Balaban J connectivity index is 2.29. The van der Waals surface area contributed by atoms with Gasteiger partial charge in [-0.25, -0.2) is 4.98 Å². The van der Waals surface area contributed by atoms with Gasteiger partial charge in [0.15, 0.2) is 5.65 Å². The molecule has 2 aromatic rings. The fraction of sp³-hybridized carbons (Fsp3) is 0. The summed E-state index contributed by atoms with van der Waals surface area (Å²) in [6, 6.07) is 1.73. The number of aromatic hydroxyl groups is 1. The van der Waals surface area contributed by atoms with E-state index >= 15 is 0 Å². The fourth-order valence-corrected chi connectivity index (χ4v) is 1.46. The first kappa shape index (κ1) is 7.32. The Kier molecular flexibility index (Phi) is 1.28. The molecule has 0 aliphatic heterocycles. The summed E-state index contributed by atoms with van der Waals surface area (Å²) in [7, 11) is 0. The molecular formula is C10H7N3O. The minimum Gasteiger partial charge on any atom is -0.479 e. The van der Waals surface area contributed by atoms with Crippen LogP contribution in [-0.4, -0.2) is 19.6 Å². The van der Waals surface area contributed by atoms with Gasteiger partial charge >= 0.3 is 6.01 Å². The van der Waals surface area contributed by atoms with Crippen molar-refractivity contribution in [2.75, 3.05) is 0 Å². The molecule has 4 nitrogen and oxygen atoms in total. The Labute approximate surface area is 79.8 Å². The maximum Gasteiger partial charge on any atom is 0.315 e. The van der Waals surface area contributed by atoms with Crippen LogP contribution in [0.5, 0.6) is 6.01 Å². The molecule has 0 saturated carbocycles. The molecule has 1 aliphatic rings. The van der Waals surface area contributed by atoms with Crippen molar-refractivity contribution in [2.45, 2.75) is 0 Å². The number of aromatic nitrogens is 3. The molecule has 0 fully saturated rings. The number of hydrogen-bond acceptors (Lipinski definition) is 3. The zero-order valence-corrected chi connectivity index (χ0v) is 7.25. The molecule has 0 atom stereocenters. The van der Waals surface area contributed by atoms with Crippen LogP contribution in [0.2, 0.25) is 0 Å². The molecule has 2 aromatic heterocycles. The Bertz CT molecular complexity index is 566. The lowest BCUT2D eigenvalue weighted by Crippen LogP contribution is -1.97. The van der Waals surface area contributed by atoms with Crippen LogP contribution < -0.4 is 0 Å². The van der Waals surface area contributed by atoms with E-state index in [9.17, 15) is 5.11 Å². The predicted molar refractivity (Wildman–Crippen MR) is 52.6 cm³/mol.